The second-order valence-corrected chi connectivity index (χ2v) is 8.10. The highest BCUT2D eigenvalue weighted by Crippen LogP contribution is 2.25. The van der Waals surface area contributed by atoms with Crippen molar-refractivity contribution in [3.05, 3.63) is 65.4 Å². The minimum atomic E-state index is -1.30. The third-order valence-electron chi connectivity index (χ3n) is 5.68. The molecule has 0 aliphatic carbocycles. The van der Waals surface area contributed by atoms with Gasteiger partial charge in [-0.15, -0.1) is 5.10 Å². The quantitative estimate of drug-likeness (QED) is 0.446. The highest BCUT2D eigenvalue weighted by Gasteiger charge is 2.31. The number of nitrogens with zero attached hydrogens (tertiary/aromatic N) is 5. The van der Waals surface area contributed by atoms with Crippen LogP contribution in [0.25, 0.3) is 17.2 Å². The van der Waals surface area contributed by atoms with Crippen molar-refractivity contribution < 1.29 is 22.7 Å². The number of furan rings is 1. The van der Waals surface area contributed by atoms with E-state index >= 15 is 0 Å². The molecule has 0 unspecified atom stereocenters. The molecular weight excluding hydrogens is 449 g/mol. The number of anilines is 1. The van der Waals surface area contributed by atoms with E-state index in [1.54, 1.807) is 23.2 Å². The third-order valence-corrected chi connectivity index (χ3v) is 5.68. The van der Waals surface area contributed by atoms with Gasteiger partial charge in [-0.2, -0.15) is 0 Å². The van der Waals surface area contributed by atoms with Crippen LogP contribution in [0.3, 0.4) is 0 Å². The van der Waals surface area contributed by atoms with E-state index in [0.717, 1.165) is 0 Å². The van der Waals surface area contributed by atoms with Crippen LogP contribution in [-0.4, -0.2) is 48.3 Å². The van der Waals surface area contributed by atoms with E-state index in [9.17, 15) is 18.3 Å². The first-order valence-electron chi connectivity index (χ1n) is 10.5. The number of aliphatic hydroxyl groups is 1. The molecule has 1 aliphatic heterocycles. The molecule has 4 aromatic rings. The summed E-state index contributed by atoms with van der Waals surface area (Å²) in [6, 6.07) is 4.76. The van der Waals surface area contributed by atoms with Gasteiger partial charge in [0.15, 0.2) is 17.2 Å². The average molecular weight is 468 g/mol. The van der Waals surface area contributed by atoms with Crippen LogP contribution in [0, 0.1) is 29.3 Å². The summed E-state index contributed by atoms with van der Waals surface area (Å²) in [5.74, 6) is 3.82. The molecule has 4 heterocycles. The van der Waals surface area contributed by atoms with Crippen molar-refractivity contribution in [1.82, 2.24) is 24.5 Å². The number of benzene rings is 1. The zero-order chi connectivity index (χ0) is 23.9. The first-order valence-corrected chi connectivity index (χ1v) is 10.5. The van der Waals surface area contributed by atoms with Gasteiger partial charge in [0, 0.05) is 50.2 Å². The topological polar surface area (TPSA) is 106 Å². The van der Waals surface area contributed by atoms with E-state index in [2.05, 4.69) is 26.9 Å². The maximum Gasteiger partial charge on any atom is 0.218 e. The summed E-state index contributed by atoms with van der Waals surface area (Å²) in [6.07, 6.45) is 3.58. The van der Waals surface area contributed by atoms with Crippen LogP contribution in [0.1, 0.15) is 24.1 Å². The van der Waals surface area contributed by atoms with Gasteiger partial charge in [0.05, 0.1) is 12.5 Å². The molecule has 1 fully saturated rings. The summed E-state index contributed by atoms with van der Waals surface area (Å²) in [4.78, 5) is 10.3. The zero-order valence-corrected chi connectivity index (χ0v) is 17.8. The Balaban J connectivity index is 1.29. The molecular formula is C23H19F3N6O2. The van der Waals surface area contributed by atoms with Crippen LogP contribution in [0.2, 0.25) is 0 Å². The molecule has 0 atom stereocenters. The predicted octanol–water partition coefficient (Wildman–Crippen LogP) is 2.76. The fourth-order valence-electron chi connectivity index (χ4n) is 3.82. The van der Waals surface area contributed by atoms with Crippen LogP contribution in [0.15, 0.2) is 41.1 Å². The van der Waals surface area contributed by atoms with Gasteiger partial charge in [0.2, 0.25) is 5.82 Å². The molecule has 11 heteroatoms. The van der Waals surface area contributed by atoms with Crippen LogP contribution in [-0.2, 0) is 6.54 Å². The van der Waals surface area contributed by atoms with Crippen molar-refractivity contribution >= 4 is 11.5 Å². The normalized spacial score (nSPS) is 15.9. The monoisotopic (exact) mass is 468 g/mol. The van der Waals surface area contributed by atoms with Crippen molar-refractivity contribution in [1.29, 1.82) is 0 Å². The Morgan fingerprint density at radius 3 is 2.56 bits per heavy atom. The lowest BCUT2D eigenvalue weighted by Gasteiger charge is -2.35. The summed E-state index contributed by atoms with van der Waals surface area (Å²) < 4.78 is 47.7. The molecule has 1 aliphatic rings. The molecule has 8 nitrogen and oxygen atoms in total. The minimum absolute atomic E-state index is 0.0273. The van der Waals surface area contributed by atoms with Gasteiger partial charge in [0.25, 0.3) is 0 Å². The summed E-state index contributed by atoms with van der Waals surface area (Å²) in [7, 11) is 0. The van der Waals surface area contributed by atoms with E-state index in [1.165, 1.54) is 10.8 Å². The van der Waals surface area contributed by atoms with Crippen LogP contribution in [0.4, 0.5) is 19.0 Å². The van der Waals surface area contributed by atoms with E-state index in [1.807, 2.05) is 0 Å². The van der Waals surface area contributed by atoms with Crippen molar-refractivity contribution in [2.45, 2.75) is 25.0 Å². The Morgan fingerprint density at radius 1 is 1.15 bits per heavy atom. The maximum absolute atomic E-state index is 13.9. The second kappa shape index (κ2) is 8.48. The van der Waals surface area contributed by atoms with Crippen molar-refractivity contribution in [2.24, 2.45) is 0 Å². The van der Waals surface area contributed by atoms with Gasteiger partial charge in [-0.05, 0) is 18.1 Å². The Morgan fingerprint density at radius 2 is 1.88 bits per heavy atom. The lowest BCUT2D eigenvalue weighted by Crippen LogP contribution is -2.43. The summed E-state index contributed by atoms with van der Waals surface area (Å²) >= 11 is 0. The molecule has 0 saturated carbocycles. The van der Waals surface area contributed by atoms with Crippen LogP contribution < -0.4 is 5.73 Å². The minimum Gasteiger partial charge on any atom is -0.461 e. The number of aromatic nitrogens is 4. The third kappa shape index (κ3) is 4.33. The molecule has 1 saturated heterocycles. The molecule has 1 aromatic carbocycles. The molecule has 3 aromatic heterocycles. The Kier molecular flexibility index (Phi) is 5.47. The number of halogens is 3. The Bertz CT molecular complexity index is 1390. The summed E-state index contributed by atoms with van der Waals surface area (Å²) in [5, 5.41) is 15.2. The smallest absolute Gasteiger partial charge is 0.218 e. The Hall–Kier alpha value is -3.88. The lowest BCUT2D eigenvalue weighted by atomic mass is 9.91. The van der Waals surface area contributed by atoms with Crippen LogP contribution in [0.5, 0.6) is 0 Å². The first-order chi connectivity index (χ1) is 16.3. The number of hydrogen-bond acceptors (Lipinski definition) is 7. The second-order valence-electron chi connectivity index (χ2n) is 8.10. The molecule has 0 bridgehead atoms. The highest BCUT2D eigenvalue weighted by atomic mass is 19.1. The van der Waals surface area contributed by atoms with Crippen molar-refractivity contribution in [3.63, 3.8) is 0 Å². The predicted molar refractivity (Wildman–Crippen MR) is 116 cm³/mol. The largest absolute Gasteiger partial charge is 0.461 e. The van der Waals surface area contributed by atoms with Crippen LogP contribution >= 0.6 is 0 Å². The summed E-state index contributed by atoms with van der Waals surface area (Å²) in [6.45, 7) is 0.678. The number of nitrogen functional groups attached to an aromatic ring is 1. The standard InChI is InChI=1S/C23H19F3N6O2/c24-14-10-17(25)16(18(26)11-14)13-31-7-5-23(33,6-8-31)4-3-15-12-32-22(20(27)28-15)29-21(30-32)19-2-1-9-34-19/h1-2,9-12,33H,5-8,13H2,(H2,27,28). The number of rotatable bonds is 3. The molecule has 0 amide bonds. The first kappa shape index (κ1) is 21.9. The van der Waals surface area contributed by atoms with Gasteiger partial charge in [-0.3, -0.25) is 4.90 Å². The van der Waals surface area contributed by atoms with Gasteiger partial charge >= 0.3 is 0 Å². The number of piperidine rings is 1. The molecule has 174 valence electrons. The maximum atomic E-state index is 13.9. The molecule has 5 rings (SSSR count). The number of nitrogens with two attached hydrogens (primary N) is 1. The highest BCUT2D eigenvalue weighted by molar-refractivity contribution is 5.63. The van der Waals surface area contributed by atoms with E-state index in [4.69, 9.17) is 10.2 Å². The molecule has 34 heavy (non-hydrogen) atoms. The molecule has 0 spiro atoms. The van der Waals surface area contributed by atoms with Crippen molar-refractivity contribution in [3.8, 4) is 23.4 Å². The number of likely N-dealkylation sites (tertiary alicyclic amines) is 1. The summed E-state index contributed by atoms with van der Waals surface area (Å²) in [5.41, 5.74) is 5.15. The SMILES string of the molecule is Nc1nc(C#CC2(O)CCN(Cc3c(F)cc(F)cc3F)CC2)cn2nc(-c3ccco3)nc12. The molecule has 3 N–H and O–H groups in total. The fourth-order valence-corrected chi connectivity index (χ4v) is 3.82. The average Bonchev–Trinajstić information content (AvgIpc) is 3.46. The van der Waals surface area contributed by atoms with E-state index in [0.29, 0.717) is 48.1 Å². The van der Waals surface area contributed by atoms with E-state index < -0.39 is 23.1 Å². The van der Waals surface area contributed by atoms with E-state index in [-0.39, 0.29) is 30.8 Å². The van der Waals surface area contributed by atoms with Gasteiger partial charge < -0.3 is 15.3 Å². The molecule has 0 radical (unpaired) electrons. The Labute approximate surface area is 191 Å². The lowest BCUT2D eigenvalue weighted by molar-refractivity contribution is 0.0241. The van der Waals surface area contributed by atoms with Crippen molar-refractivity contribution in [2.75, 3.05) is 18.8 Å². The number of fused-ring (bicyclic) bond motifs is 1. The van der Waals surface area contributed by atoms with Gasteiger partial charge in [0.1, 0.15) is 28.7 Å². The fraction of sp³-hybridized carbons (Fsp3) is 0.261. The zero-order valence-electron chi connectivity index (χ0n) is 17.8. The number of hydrogen-bond donors (Lipinski definition) is 2. The van der Waals surface area contributed by atoms with Gasteiger partial charge in [-0.1, -0.05) is 5.92 Å². The van der Waals surface area contributed by atoms with Gasteiger partial charge in [-0.25, -0.2) is 27.7 Å².